The Balaban J connectivity index is 1.93. The highest BCUT2D eigenvalue weighted by Gasteiger charge is 2.29. The average Bonchev–Trinajstić information content (AvgIpc) is 3.26. The number of nitrogens with one attached hydrogen (secondary N) is 1. The topological polar surface area (TPSA) is 42.0 Å². The minimum absolute atomic E-state index is 0.00789. The Kier molecular flexibility index (Phi) is 3.70. The van der Waals surface area contributed by atoms with Crippen molar-refractivity contribution in [3.05, 3.63) is 64.9 Å². The third kappa shape index (κ3) is 2.99. The number of amides is 1. The number of carbonyl (C=O) groups excluding carboxylic acids is 1. The standard InChI is InChI=1S/C16H15ClN2O/c17-12-6-4-11(5-7-12)15(14-3-1-2-10-18-14)16(20)19-13-8-9-13/h1-7,10,13,15H,8-9H2,(H,19,20). The van der Waals surface area contributed by atoms with Crippen molar-refractivity contribution in [2.45, 2.75) is 24.8 Å². The summed E-state index contributed by atoms with van der Waals surface area (Å²) in [5, 5.41) is 3.72. The van der Waals surface area contributed by atoms with Crippen LogP contribution in [0.4, 0.5) is 0 Å². The molecule has 1 saturated carbocycles. The summed E-state index contributed by atoms with van der Waals surface area (Å²) in [5.74, 6) is -0.373. The Labute approximate surface area is 123 Å². The first-order chi connectivity index (χ1) is 9.74. The molecule has 102 valence electrons. The van der Waals surface area contributed by atoms with Gasteiger partial charge in [-0.1, -0.05) is 29.8 Å². The van der Waals surface area contributed by atoms with Gasteiger partial charge in [-0.25, -0.2) is 0 Å². The molecule has 0 radical (unpaired) electrons. The summed E-state index contributed by atoms with van der Waals surface area (Å²) in [6, 6.07) is 13.3. The van der Waals surface area contributed by atoms with Gasteiger partial charge in [-0.2, -0.15) is 0 Å². The first-order valence-corrected chi connectivity index (χ1v) is 7.08. The maximum Gasteiger partial charge on any atom is 0.233 e. The molecule has 20 heavy (non-hydrogen) atoms. The van der Waals surface area contributed by atoms with Gasteiger partial charge in [-0.3, -0.25) is 9.78 Å². The molecule has 0 aliphatic heterocycles. The maximum atomic E-state index is 12.5. The molecule has 1 heterocycles. The Bertz CT molecular complexity index is 594. The van der Waals surface area contributed by atoms with Crippen molar-refractivity contribution in [1.29, 1.82) is 0 Å². The Morgan fingerprint density at radius 2 is 1.95 bits per heavy atom. The summed E-state index contributed by atoms with van der Waals surface area (Å²) in [7, 11) is 0. The summed E-state index contributed by atoms with van der Waals surface area (Å²) in [6.07, 6.45) is 3.85. The zero-order valence-corrected chi connectivity index (χ0v) is 11.7. The minimum Gasteiger partial charge on any atom is -0.352 e. The second kappa shape index (κ2) is 5.63. The fraction of sp³-hybridized carbons (Fsp3) is 0.250. The molecular weight excluding hydrogens is 272 g/mol. The lowest BCUT2D eigenvalue weighted by atomic mass is 9.94. The third-order valence-corrected chi connectivity index (χ3v) is 3.62. The van der Waals surface area contributed by atoms with Gasteiger partial charge in [-0.05, 0) is 42.7 Å². The number of hydrogen-bond donors (Lipinski definition) is 1. The number of carbonyl (C=O) groups is 1. The van der Waals surface area contributed by atoms with E-state index in [1.165, 1.54) is 0 Å². The number of nitrogens with zero attached hydrogens (tertiary/aromatic N) is 1. The molecule has 0 bridgehead atoms. The van der Waals surface area contributed by atoms with Crippen molar-refractivity contribution in [3.8, 4) is 0 Å². The molecule has 1 aromatic heterocycles. The van der Waals surface area contributed by atoms with Crippen LogP contribution in [-0.4, -0.2) is 16.9 Å². The first-order valence-electron chi connectivity index (χ1n) is 6.71. The number of benzene rings is 1. The molecule has 2 aromatic rings. The molecule has 3 rings (SSSR count). The normalized spacial score (nSPS) is 15.7. The Hall–Kier alpha value is -1.87. The summed E-state index contributed by atoms with van der Waals surface area (Å²) in [5.41, 5.74) is 1.67. The van der Waals surface area contributed by atoms with Crippen LogP contribution in [0.1, 0.15) is 30.0 Å². The van der Waals surface area contributed by atoms with Gasteiger partial charge in [0.25, 0.3) is 0 Å². The number of pyridine rings is 1. The van der Waals surface area contributed by atoms with Crippen LogP contribution < -0.4 is 5.32 Å². The lowest BCUT2D eigenvalue weighted by molar-refractivity contribution is -0.121. The number of hydrogen-bond acceptors (Lipinski definition) is 2. The molecule has 1 amide bonds. The smallest absolute Gasteiger partial charge is 0.233 e. The van der Waals surface area contributed by atoms with Crippen molar-refractivity contribution in [2.75, 3.05) is 0 Å². The van der Waals surface area contributed by atoms with Crippen LogP contribution in [0.25, 0.3) is 0 Å². The maximum absolute atomic E-state index is 12.5. The van der Waals surface area contributed by atoms with Crippen LogP contribution >= 0.6 is 11.6 Å². The van der Waals surface area contributed by atoms with Gasteiger partial charge >= 0.3 is 0 Å². The number of aromatic nitrogens is 1. The molecule has 0 spiro atoms. The van der Waals surface area contributed by atoms with E-state index in [0.717, 1.165) is 24.1 Å². The molecule has 1 aliphatic carbocycles. The van der Waals surface area contributed by atoms with Gasteiger partial charge in [-0.15, -0.1) is 0 Å². The second-order valence-electron chi connectivity index (χ2n) is 5.02. The Morgan fingerprint density at radius 3 is 2.55 bits per heavy atom. The first kappa shape index (κ1) is 13.1. The molecule has 4 heteroatoms. The van der Waals surface area contributed by atoms with Gasteiger partial charge in [0, 0.05) is 17.3 Å². The minimum atomic E-state index is -0.380. The molecule has 1 N–H and O–H groups in total. The van der Waals surface area contributed by atoms with Crippen molar-refractivity contribution in [2.24, 2.45) is 0 Å². The summed E-state index contributed by atoms with van der Waals surface area (Å²) < 4.78 is 0. The van der Waals surface area contributed by atoms with E-state index in [0.29, 0.717) is 11.1 Å². The van der Waals surface area contributed by atoms with E-state index in [1.807, 2.05) is 30.3 Å². The average molecular weight is 287 g/mol. The summed E-state index contributed by atoms with van der Waals surface area (Å²) in [4.78, 5) is 16.8. The highest BCUT2D eigenvalue weighted by molar-refractivity contribution is 6.30. The van der Waals surface area contributed by atoms with Gasteiger partial charge in [0.2, 0.25) is 5.91 Å². The van der Waals surface area contributed by atoms with Gasteiger partial charge < -0.3 is 5.32 Å². The zero-order valence-electron chi connectivity index (χ0n) is 10.9. The predicted octanol–water partition coefficient (Wildman–Crippen LogP) is 3.15. The third-order valence-electron chi connectivity index (χ3n) is 3.37. The Morgan fingerprint density at radius 1 is 1.20 bits per heavy atom. The van der Waals surface area contributed by atoms with E-state index >= 15 is 0 Å². The fourth-order valence-electron chi connectivity index (χ4n) is 2.17. The van der Waals surface area contributed by atoms with E-state index < -0.39 is 0 Å². The van der Waals surface area contributed by atoms with Crippen molar-refractivity contribution >= 4 is 17.5 Å². The van der Waals surface area contributed by atoms with E-state index in [9.17, 15) is 4.79 Å². The molecule has 1 aliphatic rings. The second-order valence-corrected chi connectivity index (χ2v) is 5.46. The van der Waals surface area contributed by atoms with E-state index in [1.54, 1.807) is 18.3 Å². The summed E-state index contributed by atoms with van der Waals surface area (Å²) in [6.45, 7) is 0. The highest BCUT2D eigenvalue weighted by Crippen LogP contribution is 2.27. The van der Waals surface area contributed by atoms with Crippen LogP contribution in [0.3, 0.4) is 0 Å². The van der Waals surface area contributed by atoms with E-state index in [2.05, 4.69) is 10.3 Å². The number of halogens is 1. The molecule has 1 unspecified atom stereocenters. The van der Waals surface area contributed by atoms with Crippen molar-refractivity contribution in [1.82, 2.24) is 10.3 Å². The lowest BCUT2D eigenvalue weighted by Crippen LogP contribution is -2.32. The number of rotatable bonds is 4. The van der Waals surface area contributed by atoms with Crippen molar-refractivity contribution in [3.63, 3.8) is 0 Å². The zero-order chi connectivity index (χ0) is 13.9. The molecular formula is C16H15ClN2O. The van der Waals surface area contributed by atoms with Crippen LogP contribution in [0.2, 0.25) is 5.02 Å². The quantitative estimate of drug-likeness (QED) is 0.938. The molecule has 3 nitrogen and oxygen atoms in total. The fourth-order valence-corrected chi connectivity index (χ4v) is 2.30. The van der Waals surface area contributed by atoms with Gasteiger partial charge in [0.05, 0.1) is 5.69 Å². The summed E-state index contributed by atoms with van der Waals surface area (Å²) >= 11 is 5.92. The van der Waals surface area contributed by atoms with Crippen molar-refractivity contribution < 1.29 is 4.79 Å². The monoisotopic (exact) mass is 286 g/mol. The van der Waals surface area contributed by atoms with Crippen LogP contribution in [-0.2, 0) is 4.79 Å². The molecule has 1 atom stereocenters. The van der Waals surface area contributed by atoms with Crippen LogP contribution in [0, 0.1) is 0 Å². The van der Waals surface area contributed by atoms with Gasteiger partial charge in [0.15, 0.2) is 0 Å². The van der Waals surface area contributed by atoms with E-state index in [4.69, 9.17) is 11.6 Å². The van der Waals surface area contributed by atoms with Crippen LogP contribution in [0.15, 0.2) is 48.7 Å². The predicted molar refractivity (Wildman–Crippen MR) is 78.7 cm³/mol. The SMILES string of the molecule is O=C(NC1CC1)C(c1ccc(Cl)cc1)c1ccccn1. The molecule has 1 aromatic carbocycles. The lowest BCUT2D eigenvalue weighted by Gasteiger charge is -2.16. The molecule has 1 fully saturated rings. The van der Waals surface area contributed by atoms with Gasteiger partial charge in [0.1, 0.15) is 5.92 Å². The largest absolute Gasteiger partial charge is 0.352 e. The highest BCUT2D eigenvalue weighted by atomic mass is 35.5. The van der Waals surface area contributed by atoms with Crippen LogP contribution in [0.5, 0.6) is 0 Å². The van der Waals surface area contributed by atoms with E-state index in [-0.39, 0.29) is 11.8 Å². The molecule has 0 saturated heterocycles.